The zero-order valence-corrected chi connectivity index (χ0v) is 16.1. The Balaban J connectivity index is 1.50. The molecule has 1 aromatic carbocycles. The van der Waals surface area contributed by atoms with Crippen LogP contribution in [-0.2, 0) is 4.79 Å². The molecule has 0 saturated carbocycles. The molecule has 1 aliphatic heterocycles. The van der Waals surface area contributed by atoms with Gasteiger partial charge in [0.15, 0.2) is 6.61 Å². The fraction of sp³-hybridized carbons (Fsp3) is 0.350. The summed E-state index contributed by atoms with van der Waals surface area (Å²) < 4.78 is 41.7. The number of nitrogens with one attached hydrogen (secondary N) is 1. The maximum absolute atomic E-state index is 12.4. The van der Waals surface area contributed by atoms with Crippen molar-refractivity contribution in [2.24, 2.45) is 0 Å². The fourth-order valence-electron chi connectivity index (χ4n) is 3.04. The van der Waals surface area contributed by atoms with E-state index in [-0.39, 0.29) is 18.0 Å². The van der Waals surface area contributed by atoms with Crippen LogP contribution in [0, 0.1) is 0 Å². The summed E-state index contributed by atoms with van der Waals surface area (Å²) in [4.78, 5) is 32.2. The van der Waals surface area contributed by atoms with Crippen LogP contribution < -0.4 is 15.0 Å². The summed E-state index contributed by atoms with van der Waals surface area (Å²) in [6.07, 6.45) is -3.33. The number of alkyl halides is 3. The maximum Gasteiger partial charge on any atom is 0.422 e. The summed E-state index contributed by atoms with van der Waals surface area (Å²) in [6, 6.07) is 12.5. The molecule has 1 N–H and O–H groups in total. The average Bonchev–Trinajstić information content (AvgIpc) is 2.76. The quantitative estimate of drug-likeness (QED) is 0.772. The van der Waals surface area contributed by atoms with Crippen LogP contribution in [-0.4, -0.2) is 67.2 Å². The number of rotatable bonds is 6. The predicted octanol–water partition coefficient (Wildman–Crippen LogP) is 2.10. The van der Waals surface area contributed by atoms with Crippen molar-refractivity contribution in [3.8, 4) is 5.88 Å². The molecule has 2 amide bonds. The van der Waals surface area contributed by atoms with Crippen LogP contribution in [0.3, 0.4) is 0 Å². The van der Waals surface area contributed by atoms with Crippen molar-refractivity contribution >= 4 is 17.5 Å². The number of nitrogens with zero attached hydrogens (tertiary/aromatic N) is 3. The Morgan fingerprint density at radius 2 is 1.73 bits per heavy atom. The van der Waals surface area contributed by atoms with Gasteiger partial charge in [0.2, 0.25) is 11.8 Å². The summed E-state index contributed by atoms with van der Waals surface area (Å²) in [5.74, 6) is -1.43. The zero-order chi connectivity index (χ0) is 21.6. The minimum Gasteiger partial charge on any atom is -0.467 e. The van der Waals surface area contributed by atoms with E-state index >= 15 is 0 Å². The van der Waals surface area contributed by atoms with Crippen LogP contribution >= 0.6 is 0 Å². The van der Waals surface area contributed by atoms with E-state index in [2.05, 4.69) is 19.9 Å². The molecule has 2 aromatic rings. The first-order valence-corrected chi connectivity index (χ1v) is 9.34. The number of benzene rings is 1. The van der Waals surface area contributed by atoms with E-state index in [0.29, 0.717) is 26.2 Å². The van der Waals surface area contributed by atoms with Crippen molar-refractivity contribution < 1.29 is 27.5 Å². The molecule has 0 spiro atoms. The number of piperazine rings is 1. The third-order valence-corrected chi connectivity index (χ3v) is 4.54. The highest BCUT2D eigenvalue weighted by molar-refractivity contribution is 5.98. The number of anilines is 1. The Bertz CT molecular complexity index is 869. The Labute approximate surface area is 171 Å². The summed E-state index contributed by atoms with van der Waals surface area (Å²) in [7, 11) is 0. The molecule has 1 aromatic heterocycles. The minimum absolute atomic E-state index is 0.163. The van der Waals surface area contributed by atoms with Gasteiger partial charge in [0, 0.05) is 38.1 Å². The van der Waals surface area contributed by atoms with Gasteiger partial charge in [-0.05, 0) is 24.3 Å². The van der Waals surface area contributed by atoms with Crippen LogP contribution in [0.15, 0.2) is 48.7 Å². The number of hydrogen-bond acceptors (Lipinski definition) is 5. The molecular formula is C20H21F3N4O3. The first-order chi connectivity index (χ1) is 14.3. The Morgan fingerprint density at radius 1 is 1.03 bits per heavy atom. The lowest BCUT2D eigenvalue weighted by Crippen LogP contribution is -2.51. The van der Waals surface area contributed by atoms with Gasteiger partial charge in [0.1, 0.15) is 5.56 Å². The molecule has 0 bridgehead atoms. The van der Waals surface area contributed by atoms with E-state index in [1.54, 1.807) is 4.90 Å². The van der Waals surface area contributed by atoms with E-state index in [4.69, 9.17) is 0 Å². The lowest BCUT2D eigenvalue weighted by atomic mass is 10.2. The highest BCUT2D eigenvalue weighted by atomic mass is 19.4. The topological polar surface area (TPSA) is 74.8 Å². The van der Waals surface area contributed by atoms with Crippen molar-refractivity contribution in [2.75, 3.05) is 44.2 Å². The number of carbonyl (C=O) groups is 2. The maximum atomic E-state index is 12.4. The van der Waals surface area contributed by atoms with Gasteiger partial charge in [-0.2, -0.15) is 13.2 Å². The first-order valence-electron chi connectivity index (χ1n) is 9.34. The Morgan fingerprint density at radius 3 is 2.40 bits per heavy atom. The number of halogens is 3. The summed E-state index contributed by atoms with van der Waals surface area (Å²) >= 11 is 0. The van der Waals surface area contributed by atoms with Crippen LogP contribution in [0.4, 0.5) is 18.9 Å². The molecule has 0 atom stereocenters. The second-order valence-electron chi connectivity index (χ2n) is 6.65. The van der Waals surface area contributed by atoms with Gasteiger partial charge in [-0.1, -0.05) is 18.2 Å². The van der Waals surface area contributed by atoms with E-state index in [1.807, 2.05) is 30.3 Å². The Kier molecular flexibility index (Phi) is 6.76. The molecule has 1 saturated heterocycles. The molecule has 1 fully saturated rings. The largest absolute Gasteiger partial charge is 0.467 e. The number of hydrogen-bond donors (Lipinski definition) is 1. The molecule has 3 rings (SSSR count). The fourth-order valence-corrected chi connectivity index (χ4v) is 3.04. The molecule has 30 heavy (non-hydrogen) atoms. The average molecular weight is 422 g/mol. The van der Waals surface area contributed by atoms with Crippen LogP contribution in [0.1, 0.15) is 10.4 Å². The number of para-hydroxylation sites is 1. The minimum atomic E-state index is -4.55. The zero-order valence-electron chi connectivity index (χ0n) is 16.1. The van der Waals surface area contributed by atoms with E-state index < -0.39 is 24.6 Å². The predicted molar refractivity (Wildman–Crippen MR) is 103 cm³/mol. The Hall–Kier alpha value is -3.30. The van der Waals surface area contributed by atoms with E-state index in [9.17, 15) is 22.8 Å². The molecule has 1 aliphatic rings. The van der Waals surface area contributed by atoms with Gasteiger partial charge >= 0.3 is 6.18 Å². The molecule has 7 nitrogen and oxygen atoms in total. The summed E-state index contributed by atoms with van der Waals surface area (Å²) in [5.41, 5.74) is 0.921. The second kappa shape index (κ2) is 9.47. The molecular weight excluding hydrogens is 401 g/mol. The molecule has 0 unspecified atom stereocenters. The number of carbonyl (C=O) groups excluding carboxylic acids is 2. The van der Waals surface area contributed by atoms with Crippen molar-refractivity contribution in [2.45, 2.75) is 6.18 Å². The van der Waals surface area contributed by atoms with Crippen molar-refractivity contribution in [3.05, 3.63) is 54.2 Å². The van der Waals surface area contributed by atoms with Crippen molar-refractivity contribution in [1.82, 2.24) is 15.2 Å². The highest BCUT2D eigenvalue weighted by Gasteiger charge is 2.30. The lowest BCUT2D eigenvalue weighted by molar-refractivity contribution is -0.154. The third kappa shape index (κ3) is 5.85. The standard InChI is InChI=1S/C20H21F3N4O3/c21-20(22,23)14-30-19-16(7-4-8-24-19)18(29)25-13-17(28)27-11-9-26(10-12-27)15-5-2-1-3-6-15/h1-8H,9-14H2,(H,25,29). The van der Waals surface area contributed by atoms with Gasteiger partial charge in [0.25, 0.3) is 5.91 Å². The monoisotopic (exact) mass is 422 g/mol. The molecule has 0 aliphatic carbocycles. The van der Waals surface area contributed by atoms with Gasteiger partial charge < -0.3 is 19.9 Å². The normalized spacial score (nSPS) is 14.4. The third-order valence-electron chi connectivity index (χ3n) is 4.54. The van der Waals surface area contributed by atoms with E-state index in [0.717, 1.165) is 5.69 Å². The van der Waals surface area contributed by atoms with Gasteiger partial charge in [-0.3, -0.25) is 9.59 Å². The van der Waals surface area contributed by atoms with Crippen LogP contribution in [0.2, 0.25) is 0 Å². The van der Waals surface area contributed by atoms with Gasteiger partial charge in [-0.25, -0.2) is 4.98 Å². The van der Waals surface area contributed by atoms with Crippen LogP contribution in [0.5, 0.6) is 5.88 Å². The summed E-state index contributed by atoms with van der Waals surface area (Å²) in [6.45, 7) is 0.531. The number of amides is 2. The smallest absolute Gasteiger partial charge is 0.422 e. The van der Waals surface area contributed by atoms with Gasteiger partial charge in [-0.15, -0.1) is 0 Å². The number of ether oxygens (including phenoxy) is 1. The molecule has 160 valence electrons. The van der Waals surface area contributed by atoms with Crippen molar-refractivity contribution in [1.29, 1.82) is 0 Å². The lowest BCUT2D eigenvalue weighted by Gasteiger charge is -2.36. The van der Waals surface area contributed by atoms with Crippen molar-refractivity contribution in [3.63, 3.8) is 0 Å². The van der Waals surface area contributed by atoms with Gasteiger partial charge in [0.05, 0.1) is 6.54 Å². The second-order valence-corrected chi connectivity index (χ2v) is 6.65. The summed E-state index contributed by atoms with van der Waals surface area (Å²) in [5, 5.41) is 2.43. The SMILES string of the molecule is O=C(NCC(=O)N1CCN(c2ccccc2)CC1)c1cccnc1OCC(F)(F)F. The number of pyridine rings is 1. The van der Waals surface area contributed by atoms with E-state index in [1.165, 1.54) is 18.3 Å². The first kappa shape index (κ1) is 21.4. The highest BCUT2D eigenvalue weighted by Crippen LogP contribution is 2.20. The molecule has 2 heterocycles. The molecule has 10 heteroatoms. The number of aromatic nitrogens is 1. The molecule has 0 radical (unpaired) electrons. The van der Waals surface area contributed by atoms with Crippen LogP contribution in [0.25, 0.3) is 0 Å².